The number of amides is 2. The maximum absolute atomic E-state index is 12.2. The largest absolute Gasteiger partial charge is 0.324 e. The Balaban J connectivity index is 2.15. The molecule has 0 bridgehead atoms. The minimum absolute atomic E-state index is 0.0761. The number of hydrogen-bond donors (Lipinski definition) is 1. The smallest absolute Gasteiger partial charge is 0.226 e. The minimum Gasteiger partial charge on any atom is -0.324 e. The number of rotatable bonds is 1. The van der Waals surface area contributed by atoms with Crippen LogP contribution in [0.5, 0.6) is 0 Å². The molecule has 21 heavy (non-hydrogen) atoms. The second-order valence-electron chi connectivity index (χ2n) is 5.08. The van der Waals surface area contributed by atoms with Crippen molar-refractivity contribution in [1.82, 2.24) is 0 Å². The van der Waals surface area contributed by atoms with Gasteiger partial charge in [-0.25, -0.2) is 0 Å². The molecule has 1 aliphatic heterocycles. The van der Waals surface area contributed by atoms with E-state index in [-0.39, 0.29) is 24.3 Å². The zero-order valence-corrected chi connectivity index (χ0v) is 11.7. The molecule has 0 fully saturated rings. The molecular formula is C17H16N2O2. The SMILES string of the molecule is CC(=O)N1c2ccccc2NC(=O)CC1c1ccccc1. The number of hydrogen-bond acceptors (Lipinski definition) is 2. The molecule has 2 aromatic carbocycles. The molecule has 2 amide bonds. The topological polar surface area (TPSA) is 49.4 Å². The Morgan fingerprint density at radius 2 is 1.76 bits per heavy atom. The number of para-hydroxylation sites is 2. The number of carbonyl (C=O) groups excluding carboxylic acids is 2. The van der Waals surface area contributed by atoms with Gasteiger partial charge in [-0.05, 0) is 17.7 Å². The molecule has 1 aliphatic rings. The predicted molar refractivity (Wildman–Crippen MR) is 82.0 cm³/mol. The molecule has 1 unspecified atom stereocenters. The monoisotopic (exact) mass is 280 g/mol. The van der Waals surface area contributed by atoms with Gasteiger partial charge < -0.3 is 10.2 Å². The van der Waals surface area contributed by atoms with Crippen molar-refractivity contribution in [2.24, 2.45) is 0 Å². The van der Waals surface area contributed by atoms with Crippen molar-refractivity contribution >= 4 is 23.2 Å². The summed E-state index contributed by atoms with van der Waals surface area (Å²) in [5, 5.41) is 2.87. The molecule has 2 aromatic rings. The Hall–Kier alpha value is -2.62. The molecular weight excluding hydrogens is 264 g/mol. The molecule has 106 valence electrons. The van der Waals surface area contributed by atoms with Gasteiger partial charge in [-0.1, -0.05) is 42.5 Å². The first-order valence-electron chi connectivity index (χ1n) is 6.90. The van der Waals surface area contributed by atoms with E-state index in [1.165, 1.54) is 6.92 Å². The normalized spacial score (nSPS) is 17.7. The van der Waals surface area contributed by atoms with Crippen molar-refractivity contribution in [1.29, 1.82) is 0 Å². The van der Waals surface area contributed by atoms with Crippen molar-refractivity contribution in [3.8, 4) is 0 Å². The summed E-state index contributed by atoms with van der Waals surface area (Å²) in [5.41, 5.74) is 2.38. The Labute approximate surface area is 123 Å². The lowest BCUT2D eigenvalue weighted by Gasteiger charge is -2.29. The number of carbonyl (C=O) groups is 2. The molecule has 0 aliphatic carbocycles. The first kappa shape index (κ1) is 13.4. The number of nitrogens with one attached hydrogen (secondary N) is 1. The van der Waals surface area contributed by atoms with E-state index in [4.69, 9.17) is 0 Å². The molecule has 4 nitrogen and oxygen atoms in total. The zero-order chi connectivity index (χ0) is 14.8. The number of benzene rings is 2. The molecule has 1 heterocycles. The number of fused-ring (bicyclic) bond motifs is 1. The summed E-state index contributed by atoms with van der Waals surface area (Å²) < 4.78 is 0. The van der Waals surface area contributed by atoms with Gasteiger partial charge in [0.05, 0.1) is 23.8 Å². The fourth-order valence-electron chi connectivity index (χ4n) is 2.76. The number of nitrogens with zero attached hydrogens (tertiary/aromatic N) is 1. The van der Waals surface area contributed by atoms with Gasteiger partial charge in [0.2, 0.25) is 11.8 Å². The summed E-state index contributed by atoms with van der Waals surface area (Å²) >= 11 is 0. The van der Waals surface area contributed by atoms with E-state index in [0.717, 1.165) is 11.3 Å². The van der Waals surface area contributed by atoms with E-state index >= 15 is 0 Å². The minimum atomic E-state index is -0.285. The first-order valence-corrected chi connectivity index (χ1v) is 6.90. The van der Waals surface area contributed by atoms with Crippen LogP contribution in [0.2, 0.25) is 0 Å². The Morgan fingerprint density at radius 1 is 1.10 bits per heavy atom. The highest BCUT2D eigenvalue weighted by atomic mass is 16.2. The van der Waals surface area contributed by atoms with Crippen molar-refractivity contribution in [2.75, 3.05) is 10.2 Å². The van der Waals surface area contributed by atoms with E-state index in [2.05, 4.69) is 5.32 Å². The predicted octanol–water partition coefficient (Wildman–Crippen LogP) is 3.12. The van der Waals surface area contributed by atoms with E-state index in [1.807, 2.05) is 54.6 Å². The molecule has 1 N–H and O–H groups in total. The fraction of sp³-hybridized carbons (Fsp3) is 0.176. The fourth-order valence-corrected chi connectivity index (χ4v) is 2.76. The van der Waals surface area contributed by atoms with E-state index < -0.39 is 0 Å². The van der Waals surface area contributed by atoms with Crippen LogP contribution in [-0.4, -0.2) is 11.8 Å². The van der Waals surface area contributed by atoms with Crippen LogP contribution in [0.25, 0.3) is 0 Å². The summed E-state index contributed by atoms with van der Waals surface area (Å²) in [6.07, 6.45) is 0.248. The van der Waals surface area contributed by atoms with Crippen LogP contribution in [0.1, 0.15) is 24.9 Å². The number of anilines is 2. The quantitative estimate of drug-likeness (QED) is 0.872. The summed E-state index contributed by atoms with van der Waals surface area (Å²) in [5.74, 6) is -0.159. The van der Waals surface area contributed by atoms with Gasteiger partial charge in [-0.15, -0.1) is 0 Å². The van der Waals surface area contributed by atoms with Crippen LogP contribution in [0, 0.1) is 0 Å². The summed E-state index contributed by atoms with van der Waals surface area (Å²) in [6.45, 7) is 1.53. The maximum Gasteiger partial charge on any atom is 0.226 e. The van der Waals surface area contributed by atoms with Crippen LogP contribution in [0.3, 0.4) is 0 Å². The van der Waals surface area contributed by atoms with Crippen molar-refractivity contribution in [2.45, 2.75) is 19.4 Å². The van der Waals surface area contributed by atoms with Crippen molar-refractivity contribution < 1.29 is 9.59 Å². The van der Waals surface area contributed by atoms with Crippen LogP contribution in [0.4, 0.5) is 11.4 Å². The molecule has 4 heteroatoms. The van der Waals surface area contributed by atoms with Crippen molar-refractivity contribution in [3.63, 3.8) is 0 Å². The lowest BCUT2D eigenvalue weighted by Crippen LogP contribution is -2.33. The highest BCUT2D eigenvalue weighted by molar-refractivity contribution is 6.03. The highest BCUT2D eigenvalue weighted by Gasteiger charge is 2.31. The average molecular weight is 280 g/mol. The van der Waals surface area contributed by atoms with Crippen LogP contribution < -0.4 is 10.2 Å². The molecule has 3 rings (SSSR count). The van der Waals surface area contributed by atoms with Crippen LogP contribution >= 0.6 is 0 Å². The second kappa shape index (κ2) is 5.40. The highest BCUT2D eigenvalue weighted by Crippen LogP contribution is 2.37. The standard InChI is InChI=1S/C17H16N2O2/c1-12(20)19-15-10-6-5-9-14(15)18-17(21)11-16(19)13-7-3-2-4-8-13/h2-10,16H,11H2,1H3,(H,18,21). The molecule has 0 saturated carbocycles. The third kappa shape index (κ3) is 2.52. The molecule has 0 aromatic heterocycles. The van der Waals surface area contributed by atoms with Crippen LogP contribution in [0.15, 0.2) is 54.6 Å². The molecule has 0 radical (unpaired) electrons. The Bertz CT molecular complexity index is 682. The zero-order valence-electron chi connectivity index (χ0n) is 11.7. The summed E-state index contributed by atoms with van der Waals surface area (Å²) in [4.78, 5) is 26.0. The van der Waals surface area contributed by atoms with Crippen LogP contribution in [-0.2, 0) is 9.59 Å². The summed E-state index contributed by atoms with van der Waals surface area (Å²) in [6, 6.07) is 16.8. The lowest BCUT2D eigenvalue weighted by atomic mass is 10.0. The third-order valence-corrected chi connectivity index (χ3v) is 3.65. The lowest BCUT2D eigenvalue weighted by molar-refractivity contribution is -0.118. The van der Waals surface area contributed by atoms with Gasteiger partial charge in [-0.2, -0.15) is 0 Å². The van der Waals surface area contributed by atoms with Gasteiger partial charge in [0, 0.05) is 6.92 Å². The van der Waals surface area contributed by atoms with E-state index in [9.17, 15) is 9.59 Å². The average Bonchev–Trinajstić information content (AvgIpc) is 2.63. The van der Waals surface area contributed by atoms with Gasteiger partial charge in [0.15, 0.2) is 0 Å². The van der Waals surface area contributed by atoms with Gasteiger partial charge >= 0.3 is 0 Å². The second-order valence-corrected chi connectivity index (χ2v) is 5.08. The first-order chi connectivity index (χ1) is 10.2. The maximum atomic E-state index is 12.2. The Kier molecular flexibility index (Phi) is 3.44. The van der Waals surface area contributed by atoms with E-state index in [0.29, 0.717) is 5.69 Å². The third-order valence-electron chi connectivity index (χ3n) is 3.65. The Morgan fingerprint density at radius 3 is 2.48 bits per heavy atom. The van der Waals surface area contributed by atoms with Gasteiger partial charge in [0.1, 0.15) is 0 Å². The summed E-state index contributed by atoms with van der Waals surface area (Å²) in [7, 11) is 0. The molecule has 1 atom stereocenters. The van der Waals surface area contributed by atoms with Gasteiger partial charge in [-0.3, -0.25) is 9.59 Å². The molecule has 0 saturated heterocycles. The van der Waals surface area contributed by atoms with Crippen molar-refractivity contribution in [3.05, 3.63) is 60.2 Å². The molecule has 0 spiro atoms. The van der Waals surface area contributed by atoms with E-state index in [1.54, 1.807) is 4.90 Å². The van der Waals surface area contributed by atoms with Gasteiger partial charge in [0.25, 0.3) is 0 Å².